The fraction of sp³-hybridized carbons (Fsp3) is 0.211. The van der Waals surface area contributed by atoms with Crippen LogP contribution >= 0.6 is 0 Å². The molecule has 1 unspecified atom stereocenters. The van der Waals surface area contributed by atoms with Crippen LogP contribution < -0.4 is 4.90 Å². The van der Waals surface area contributed by atoms with E-state index in [4.69, 9.17) is 0 Å². The molecule has 1 heterocycles. The highest BCUT2D eigenvalue weighted by Crippen LogP contribution is 2.25. The van der Waals surface area contributed by atoms with E-state index in [-0.39, 0.29) is 18.1 Å². The third kappa shape index (κ3) is 3.06. The molecular weight excluding hydrogens is 290 g/mol. The van der Waals surface area contributed by atoms with Gasteiger partial charge in [0.15, 0.2) is 0 Å². The van der Waals surface area contributed by atoms with Gasteiger partial charge in [0.05, 0.1) is 0 Å². The van der Waals surface area contributed by atoms with Crippen LogP contribution in [0.3, 0.4) is 0 Å². The summed E-state index contributed by atoms with van der Waals surface area (Å²) in [6, 6.07) is 16.4. The first-order valence-corrected chi connectivity index (χ1v) is 7.63. The van der Waals surface area contributed by atoms with Crippen LogP contribution in [0.5, 0.6) is 0 Å². The fourth-order valence-electron chi connectivity index (χ4n) is 2.95. The number of nitrogens with zero attached hydrogens (tertiary/aromatic N) is 1. The monoisotopic (exact) mass is 307 g/mol. The van der Waals surface area contributed by atoms with Gasteiger partial charge in [0.2, 0.25) is 5.91 Å². The largest absolute Gasteiger partial charge is 0.311 e. The average molecular weight is 307 g/mol. The third-order valence-electron chi connectivity index (χ3n) is 4.21. The maximum Gasteiger partial charge on any atom is 0.237 e. The van der Waals surface area contributed by atoms with Gasteiger partial charge < -0.3 is 4.90 Å². The number of rotatable bonds is 4. The second kappa shape index (κ2) is 6.57. The van der Waals surface area contributed by atoms with Crippen LogP contribution in [0.25, 0.3) is 0 Å². The highest BCUT2D eigenvalue weighted by Gasteiger charge is 2.36. The van der Waals surface area contributed by atoms with E-state index in [0.717, 1.165) is 17.5 Å². The lowest BCUT2D eigenvalue weighted by atomic mass is 9.87. The van der Waals surface area contributed by atoms with E-state index in [1.807, 2.05) is 36.4 Å². The zero-order chi connectivity index (χ0) is 16.2. The predicted molar refractivity (Wildman–Crippen MR) is 87.4 cm³/mol. The van der Waals surface area contributed by atoms with Gasteiger partial charge in [-0.2, -0.15) is 0 Å². The van der Waals surface area contributed by atoms with Crippen molar-refractivity contribution in [1.29, 1.82) is 0 Å². The normalized spacial score (nSPS) is 18.1. The minimum absolute atomic E-state index is 0.0529. The number of Topliss-reactive ketones (excluding diaryl/α,β-unsaturated/α-hetero) is 1. The molecule has 1 atom stereocenters. The van der Waals surface area contributed by atoms with Crippen molar-refractivity contribution in [3.63, 3.8) is 0 Å². The predicted octanol–water partition coefficient (Wildman–Crippen LogP) is 2.66. The highest BCUT2D eigenvalue weighted by atomic mass is 16.2. The minimum atomic E-state index is -0.718. The zero-order valence-corrected chi connectivity index (χ0v) is 12.6. The summed E-state index contributed by atoms with van der Waals surface area (Å²) in [6.07, 6.45) is 1.38. The Morgan fingerprint density at radius 1 is 1.00 bits per heavy atom. The molecule has 1 fully saturated rings. The SMILES string of the molecule is O=Cc1ccccc1CC1C(=O)CCN(c2ccccc2)C1=O. The maximum absolute atomic E-state index is 12.8. The molecule has 4 heteroatoms. The summed E-state index contributed by atoms with van der Waals surface area (Å²) in [5, 5.41) is 0. The molecule has 1 aliphatic rings. The second-order valence-electron chi connectivity index (χ2n) is 5.62. The fourth-order valence-corrected chi connectivity index (χ4v) is 2.95. The number of hydrogen-bond donors (Lipinski definition) is 0. The molecule has 3 rings (SSSR count). The number of carbonyl (C=O) groups is 3. The Morgan fingerprint density at radius 2 is 1.70 bits per heavy atom. The van der Waals surface area contributed by atoms with Gasteiger partial charge in [-0.05, 0) is 24.1 Å². The molecule has 2 aromatic rings. The second-order valence-corrected chi connectivity index (χ2v) is 5.62. The first-order chi connectivity index (χ1) is 11.2. The minimum Gasteiger partial charge on any atom is -0.311 e. The van der Waals surface area contributed by atoms with E-state index in [9.17, 15) is 14.4 Å². The van der Waals surface area contributed by atoms with Crippen molar-refractivity contribution in [3.05, 3.63) is 65.7 Å². The zero-order valence-electron chi connectivity index (χ0n) is 12.6. The number of carbonyl (C=O) groups excluding carboxylic acids is 3. The summed E-state index contributed by atoms with van der Waals surface area (Å²) >= 11 is 0. The molecule has 0 N–H and O–H groups in total. The quantitative estimate of drug-likeness (QED) is 0.644. The van der Waals surface area contributed by atoms with E-state index in [1.165, 1.54) is 0 Å². The van der Waals surface area contributed by atoms with Gasteiger partial charge in [-0.25, -0.2) is 0 Å². The van der Waals surface area contributed by atoms with Crippen LogP contribution in [-0.2, 0) is 16.0 Å². The number of benzene rings is 2. The first-order valence-electron chi connectivity index (χ1n) is 7.63. The molecule has 0 spiro atoms. The van der Waals surface area contributed by atoms with Gasteiger partial charge in [-0.15, -0.1) is 0 Å². The molecule has 1 aliphatic heterocycles. The number of hydrogen-bond acceptors (Lipinski definition) is 3. The van der Waals surface area contributed by atoms with E-state index in [0.29, 0.717) is 18.5 Å². The van der Waals surface area contributed by atoms with E-state index in [1.54, 1.807) is 23.1 Å². The standard InChI is InChI=1S/C19H17NO3/c21-13-15-7-5-4-6-14(15)12-17-18(22)10-11-20(19(17)23)16-8-2-1-3-9-16/h1-9,13,17H,10-12H2. The Kier molecular flexibility index (Phi) is 4.33. The van der Waals surface area contributed by atoms with Gasteiger partial charge >= 0.3 is 0 Å². The van der Waals surface area contributed by atoms with Crippen molar-refractivity contribution in [1.82, 2.24) is 0 Å². The molecule has 0 aromatic heterocycles. The molecule has 4 nitrogen and oxygen atoms in total. The van der Waals surface area contributed by atoms with Crippen molar-refractivity contribution in [2.24, 2.45) is 5.92 Å². The molecule has 116 valence electrons. The molecular formula is C19H17NO3. The van der Waals surface area contributed by atoms with Gasteiger partial charge in [-0.3, -0.25) is 14.4 Å². The summed E-state index contributed by atoms with van der Waals surface area (Å²) in [5.74, 6) is -0.957. The molecule has 23 heavy (non-hydrogen) atoms. The smallest absolute Gasteiger partial charge is 0.237 e. The molecule has 1 saturated heterocycles. The van der Waals surface area contributed by atoms with Crippen LogP contribution in [0.2, 0.25) is 0 Å². The van der Waals surface area contributed by atoms with Crippen LogP contribution in [0.15, 0.2) is 54.6 Å². The molecule has 2 aromatic carbocycles. The Balaban J connectivity index is 1.87. The Bertz CT molecular complexity index is 739. The third-order valence-corrected chi connectivity index (χ3v) is 4.21. The lowest BCUT2D eigenvalue weighted by Gasteiger charge is -2.31. The lowest BCUT2D eigenvalue weighted by Crippen LogP contribution is -2.47. The van der Waals surface area contributed by atoms with E-state index < -0.39 is 5.92 Å². The molecule has 0 bridgehead atoms. The van der Waals surface area contributed by atoms with Crippen molar-refractivity contribution < 1.29 is 14.4 Å². The number of aldehydes is 1. The van der Waals surface area contributed by atoms with E-state index >= 15 is 0 Å². The number of ketones is 1. The molecule has 0 aliphatic carbocycles. The Hall–Kier alpha value is -2.75. The molecule has 0 saturated carbocycles. The van der Waals surface area contributed by atoms with Gasteiger partial charge in [0.25, 0.3) is 0 Å². The number of para-hydroxylation sites is 1. The van der Waals surface area contributed by atoms with Crippen LogP contribution in [0, 0.1) is 5.92 Å². The summed E-state index contributed by atoms with van der Waals surface area (Å²) in [6.45, 7) is 0.410. The summed E-state index contributed by atoms with van der Waals surface area (Å²) < 4.78 is 0. The van der Waals surface area contributed by atoms with E-state index in [2.05, 4.69) is 0 Å². The molecule has 1 amide bonds. The average Bonchev–Trinajstić information content (AvgIpc) is 2.60. The van der Waals surface area contributed by atoms with Crippen molar-refractivity contribution in [2.75, 3.05) is 11.4 Å². The molecule has 0 radical (unpaired) electrons. The van der Waals surface area contributed by atoms with Crippen molar-refractivity contribution in [2.45, 2.75) is 12.8 Å². The Morgan fingerprint density at radius 3 is 2.43 bits per heavy atom. The topological polar surface area (TPSA) is 54.5 Å². The summed E-state index contributed by atoms with van der Waals surface area (Å²) in [4.78, 5) is 37.8. The number of anilines is 1. The number of piperidine rings is 1. The van der Waals surface area contributed by atoms with Crippen LogP contribution in [0.4, 0.5) is 5.69 Å². The van der Waals surface area contributed by atoms with Crippen LogP contribution in [0.1, 0.15) is 22.3 Å². The summed E-state index contributed by atoms with van der Waals surface area (Å²) in [7, 11) is 0. The van der Waals surface area contributed by atoms with Crippen LogP contribution in [-0.4, -0.2) is 24.5 Å². The van der Waals surface area contributed by atoms with Crippen molar-refractivity contribution in [3.8, 4) is 0 Å². The van der Waals surface area contributed by atoms with Gasteiger partial charge in [-0.1, -0.05) is 42.5 Å². The van der Waals surface area contributed by atoms with Gasteiger partial charge in [0.1, 0.15) is 18.0 Å². The maximum atomic E-state index is 12.8. The Labute approximate surface area is 134 Å². The first kappa shape index (κ1) is 15.2. The summed E-state index contributed by atoms with van der Waals surface area (Å²) in [5.41, 5.74) is 2.08. The highest BCUT2D eigenvalue weighted by molar-refractivity contribution is 6.11. The van der Waals surface area contributed by atoms with Crippen molar-refractivity contribution >= 4 is 23.7 Å². The number of amides is 1. The van der Waals surface area contributed by atoms with Gasteiger partial charge in [0, 0.05) is 24.2 Å². The lowest BCUT2D eigenvalue weighted by molar-refractivity contribution is -0.134.